The zero-order valence-corrected chi connectivity index (χ0v) is 14.8. The number of azide groups is 1. The molecule has 0 aliphatic carbocycles. The number of ether oxygens (including phenoxy) is 4. The number of fused-ring (bicyclic) bond motifs is 2. The van der Waals surface area contributed by atoms with E-state index in [0.29, 0.717) is 19.8 Å². The Kier molecular flexibility index (Phi) is 5.67. The lowest BCUT2D eigenvalue weighted by molar-refractivity contribution is -0.211. The smallest absolute Gasteiger partial charge is 0.169 e. The topological polar surface area (TPSA) is 85.7 Å². The second kappa shape index (κ2) is 8.52. The van der Waals surface area contributed by atoms with Crippen molar-refractivity contribution < 1.29 is 18.9 Å². The summed E-state index contributed by atoms with van der Waals surface area (Å²) in [4.78, 5) is 2.96. The van der Waals surface area contributed by atoms with Crippen LogP contribution in [0.4, 0.5) is 0 Å². The molecule has 0 N–H and O–H groups in total. The normalized spacial score (nSPS) is 29.3. The van der Waals surface area contributed by atoms with Crippen molar-refractivity contribution in [2.24, 2.45) is 5.11 Å². The number of hydrogen-bond acceptors (Lipinski definition) is 5. The molecule has 4 rings (SSSR count). The fourth-order valence-electron chi connectivity index (χ4n) is 3.46. The van der Waals surface area contributed by atoms with Gasteiger partial charge >= 0.3 is 0 Å². The molecular formula is C20H21N3O4. The van der Waals surface area contributed by atoms with Crippen LogP contribution in [0, 0.1) is 0 Å². The number of benzene rings is 2. The highest BCUT2D eigenvalue weighted by molar-refractivity contribution is 5.15. The Morgan fingerprint density at radius 2 is 1.52 bits per heavy atom. The van der Waals surface area contributed by atoms with Crippen LogP contribution in [-0.4, -0.2) is 37.3 Å². The largest absolute Gasteiger partial charge is 0.370 e. The second-order valence-corrected chi connectivity index (χ2v) is 6.59. The van der Waals surface area contributed by atoms with Crippen LogP contribution in [0.25, 0.3) is 10.4 Å². The predicted molar refractivity (Wildman–Crippen MR) is 97.6 cm³/mol. The Balaban J connectivity index is 1.52. The zero-order chi connectivity index (χ0) is 18.5. The van der Waals surface area contributed by atoms with E-state index in [1.54, 1.807) is 0 Å². The fourth-order valence-corrected chi connectivity index (χ4v) is 3.46. The third-order valence-electron chi connectivity index (χ3n) is 4.79. The Labute approximate surface area is 157 Å². The van der Waals surface area contributed by atoms with E-state index in [4.69, 9.17) is 24.5 Å². The highest BCUT2D eigenvalue weighted by Crippen LogP contribution is 2.34. The molecule has 2 bridgehead atoms. The molecule has 140 valence electrons. The molecule has 5 atom stereocenters. The lowest BCUT2D eigenvalue weighted by Crippen LogP contribution is -2.55. The van der Waals surface area contributed by atoms with E-state index in [-0.39, 0.29) is 12.2 Å². The van der Waals surface area contributed by atoms with Gasteiger partial charge in [0.1, 0.15) is 24.4 Å². The molecule has 0 saturated carbocycles. The molecule has 7 heteroatoms. The molecule has 7 nitrogen and oxygen atoms in total. The summed E-state index contributed by atoms with van der Waals surface area (Å²) in [5.41, 5.74) is 11.1. The first kappa shape index (κ1) is 18.0. The van der Waals surface area contributed by atoms with Crippen LogP contribution in [0.3, 0.4) is 0 Å². The SMILES string of the molecule is [N-]=[N+]=N[C@H]1[C@@H]2OC[C@@H](O2)[C@@H](OCc2ccccc2)[C@@H]1OCc1ccccc1. The number of nitrogens with zero attached hydrogens (tertiary/aromatic N) is 3. The van der Waals surface area contributed by atoms with Gasteiger partial charge < -0.3 is 18.9 Å². The van der Waals surface area contributed by atoms with Gasteiger partial charge in [-0.2, -0.15) is 0 Å². The first-order valence-corrected chi connectivity index (χ1v) is 8.97. The van der Waals surface area contributed by atoms with Crippen molar-refractivity contribution in [3.63, 3.8) is 0 Å². The van der Waals surface area contributed by atoms with Crippen molar-refractivity contribution >= 4 is 0 Å². The average molecular weight is 367 g/mol. The lowest BCUT2D eigenvalue weighted by Gasteiger charge is -2.38. The summed E-state index contributed by atoms with van der Waals surface area (Å²) in [5.74, 6) is 0. The van der Waals surface area contributed by atoms with Crippen LogP contribution in [0.1, 0.15) is 11.1 Å². The molecule has 2 aromatic carbocycles. The quantitative estimate of drug-likeness (QED) is 0.425. The van der Waals surface area contributed by atoms with E-state index in [2.05, 4.69) is 10.0 Å². The Morgan fingerprint density at radius 3 is 2.11 bits per heavy atom. The van der Waals surface area contributed by atoms with E-state index in [1.165, 1.54) is 0 Å². The van der Waals surface area contributed by atoms with Gasteiger partial charge in [-0.15, -0.1) is 0 Å². The van der Waals surface area contributed by atoms with Crippen molar-refractivity contribution in [1.82, 2.24) is 0 Å². The predicted octanol–water partition coefficient (Wildman–Crippen LogP) is 3.59. The number of rotatable bonds is 7. The summed E-state index contributed by atoms with van der Waals surface area (Å²) < 4.78 is 23.8. The number of hydrogen-bond donors (Lipinski definition) is 0. The van der Waals surface area contributed by atoms with Gasteiger partial charge in [0.15, 0.2) is 6.29 Å². The summed E-state index contributed by atoms with van der Waals surface area (Å²) >= 11 is 0. The van der Waals surface area contributed by atoms with Crippen LogP contribution in [0.5, 0.6) is 0 Å². The summed E-state index contributed by atoms with van der Waals surface area (Å²) in [7, 11) is 0. The molecule has 27 heavy (non-hydrogen) atoms. The second-order valence-electron chi connectivity index (χ2n) is 6.59. The molecule has 0 spiro atoms. The molecule has 0 radical (unpaired) electrons. The van der Waals surface area contributed by atoms with Crippen molar-refractivity contribution in [2.45, 2.75) is 43.9 Å². The summed E-state index contributed by atoms with van der Waals surface area (Å²) in [6, 6.07) is 19.2. The van der Waals surface area contributed by atoms with Gasteiger partial charge in [0.05, 0.1) is 19.8 Å². The zero-order valence-electron chi connectivity index (χ0n) is 14.8. The van der Waals surface area contributed by atoms with Crippen molar-refractivity contribution in [1.29, 1.82) is 0 Å². The van der Waals surface area contributed by atoms with Crippen molar-refractivity contribution in [3.8, 4) is 0 Å². The molecule has 0 aromatic heterocycles. The van der Waals surface area contributed by atoms with Crippen LogP contribution >= 0.6 is 0 Å². The van der Waals surface area contributed by atoms with Crippen molar-refractivity contribution in [2.75, 3.05) is 6.61 Å². The Hall–Kier alpha value is -2.41. The van der Waals surface area contributed by atoms with Gasteiger partial charge in [-0.3, -0.25) is 0 Å². The lowest BCUT2D eigenvalue weighted by atomic mass is 9.98. The Bertz CT molecular complexity index is 782. The van der Waals surface area contributed by atoms with E-state index >= 15 is 0 Å². The van der Waals surface area contributed by atoms with Crippen LogP contribution in [0.15, 0.2) is 65.8 Å². The molecule has 2 saturated heterocycles. The first-order valence-electron chi connectivity index (χ1n) is 8.97. The van der Waals surface area contributed by atoms with Crippen LogP contribution in [-0.2, 0) is 32.2 Å². The minimum absolute atomic E-state index is 0.246. The molecule has 0 unspecified atom stereocenters. The molecule has 2 heterocycles. The van der Waals surface area contributed by atoms with Gasteiger partial charge in [0, 0.05) is 4.91 Å². The average Bonchev–Trinajstić information content (AvgIpc) is 3.15. The van der Waals surface area contributed by atoms with E-state index < -0.39 is 18.4 Å². The molecule has 0 amide bonds. The molecule has 2 aromatic rings. The van der Waals surface area contributed by atoms with E-state index in [1.807, 2.05) is 60.7 Å². The van der Waals surface area contributed by atoms with Gasteiger partial charge in [-0.25, -0.2) is 0 Å². The third-order valence-corrected chi connectivity index (χ3v) is 4.79. The highest BCUT2D eigenvalue weighted by Gasteiger charge is 2.51. The maximum Gasteiger partial charge on any atom is 0.169 e. The third kappa shape index (κ3) is 4.13. The van der Waals surface area contributed by atoms with Gasteiger partial charge in [0.2, 0.25) is 0 Å². The summed E-state index contributed by atoms with van der Waals surface area (Å²) in [5, 5.41) is 3.89. The molecule has 2 aliphatic heterocycles. The van der Waals surface area contributed by atoms with E-state index in [9.17, 15) is 0 Å². The maximum atomic E-state index is 8.99. The molecule has 2 fully saturated rings. The summed E-state index contributed by atoms with van der Waals surface area (Å²) in [6.07, 6.45) is -1.67. The first-order chi connectivity index (χ1) is 13.3. The minimum Gasteiger partial charge on any atom is -0.370 e. The van der Waals surface area contributed by atoms with Gasteiger partial charge in [-0.1, -0.05) is 65.8 Å². The Morgan fingerprint density at radius 1 is 0.926 bits per heavy atom. The van der Waals surface area contributed by atoms with Crippen LogP contribution in [0.2, 0.25) is 0 Å². The fraction of sp³-hybridized carbons (Fsp3) is 0.400. The van der Waals surface area contributed by atoms with Gasteiger partial charge in [-0.05, 0) is 16.7 Å². The van der Waals surface area contributed by atoms with Crippen molar-refractivity contribution in [3.05, 3.63) is 82.2 Å². The molecular weight excluding hydrogens is 346 g/mol. The van der Waals surface area contributed by atoms with Gasteiger partial charge in [0.25, 0.3) is 0 Å². The summed E-state index contributed by atoms with van der Waals surface area (Å²) in [6.45, 7) is 1.21. The standard InChI is InChI=1S/C20H21N3O4/c21-23-22-17-19(25-12-15-9-5-2-6-10-15)18(16-13-26-20(17)27-16)24-11-14-7-3-1-4-8-14/h1-10,16-20H,11-13H2/t16-,17-,18-,19-,20-/m1/s1. The highest BCUT2D eigenvalue weighted by atomic mass is 16.7. The maximum absolute atomic E-state index is 8.99. The monoisotopic (exact) mass is 367 g/mol. The van der Waals surface area contributed by atoms with Crippen LogP contribution < -0.4 is 0 Å². The molecule has 2 aliphatic rings. The van der Waals surface area contributed by atoms with E-state index in [0.717, 1.165) is 11.1 Å². The minimum atomic E-state index is -0.599.